The average Bonchev–Trinajstić information content (AvgIpc) is 2.76. The van der Waals surface area contributed by atoms with Gasteiger partial charge in [-0.1, -0.05) is 42.5 Å². The number of nitriles is 1. The van der Waals surface area contributed by atoms with Crippen LogP contribution < -0.4 is 0 Å². The number of allylic oxidation sites excluding steroid dienone is 1. The summed E-state index contributed by atoms with van der Waals surface area (Å²) >= 11 is 0. The van der Waals surface area contributed by atoms with Crippen LogP contribution in [0.4, 0.5) is 13.2 Å². The Bertz CT molecular complexity index is 1070. The molecule has 0 aliphatic rings. The maximum Gasteiger partial charge on any atom is 0.144 e. The van der Waals surface area contributed by atoms with E-state index in [4.69, 9.17) is 5.26 Å². The second-order valence-corrected chi connectivity index (χ2v) is 7.62. The molecule has 0 aliphatic heterocycles. The van der Waals surface area contributed by atoms with Crippen molar-refractivity contribution in [2.45, 2.75) is 38.5 Å². The number of benzene rings is 3. The fourth-order valence-electron chi connectivity index (χ4n) is 3.53. The van der Waals surface area contributed by atoms with E-state index in [0.717, 1.165) is 43.4 Å². The Balaban J connectivity index is 1.57. The highest BCUT2D eigenvalue weighted by molar-refractivity contribution is 5.36. The molecule has 0 unspecified atom stereocenters. The van der Waals surface area contributed by atoms with E-state index < -0.39 is 17.2 Å². The predicted molar refractivity (Wildman–Crippen MR) is 117 cm³/mol. The van der Waals surface area contributed by atoms with Crippen molar-refractivity contribution in [1.82, 2.24) is 0 Å². The first-order chi connectivity index (χ1) is 15.0. The Kier molecular flexibility index (Phi) is 7.67. The van der Waals surface area contributed by atoms with Gasteiger partial charge in [-0.05, 0) is 84.5 Å². The molecule has 3 rings (SSSR count). The summed E-state index contributed by atoms with van der Waals surface area (Å²) in [7, 11) is 0. The predicted octanol–water partition coefficient (Wildman–Crippen LogP) is 6.66. The molecule has 0 heterocycles. The van der Waals surface area contributed by atoms with Gasteiger partial charge < -0.3 is 0 Å². The molecule has 0 fully saturated rings. The molecule has 158 valence electrons. The van der Waals surface area contributed by atoms with E-state index >= 15 is 0 Å². The van der Waals surface area contributed by atoms with Crippen molar-refractivity contribution < 1.29 is 13.2 Å². The highest BCUT2D eigenvalue weighted by Gasteiger charge is 2.11. The largest absolute Gasteiger partial charge is 0.207 e. The van der Waals surface area contributed by atoms with Crippen LogP contribution in [-0.4, -0.2) is 0 Å². The minimum Gasteiger partial charge on any atom is -0.207 e. The summed E-state index contributed by atoms with van der Waals surface area (Å²) in [5.74, 6) is -2.09. The molecule has 0 radical (unpaired) electrons. The molecule has 31 heavy (non-hydrogen) atoms. The lowest BCUT2D eigenvalue weighted by Gasteiger charge is -2.08. The number of hydrogen-bond acceptors (Lipinski definition) is 1. The molecule has 0 N–H and O–H groups in total. The molecule has 1 nitrogen and oxygen atoms in total. The van der Waals surface area contributed by atoms with Crippen molar-refractivity contribution >= 4 is 0 Å². The van der Waals surface area contributed by atoms with Gasteiger partial charge >= 0.3 is 0 Å². The fraction of sp³-hybridized carbons (Fsp3) is 0.222. The SMILES string of the molecule is C=CCCc1ccc(CCc2ccc(CCc3cc(F)c(C#N)c(F)c3)c(F)c2)cc1. The Hall–Kier alpha value is -3.32. The van der Waals surface area contributed by atoms with Crippen LogP contribution in [0.5, 0.6) is 0 Å². The van der Waals surface area contributed by atoms with Gasteiger partial charge in [0.25, 0.3) is 0 Å². The van der Waals surface area contributed by atoms with Crippen molar-refractivity contribution in [3.8, 4) is 6.07 Å². The zero-order valence-corrected chi connectivity index (χ0v) is 17.3. The lowest BCUT2D eigenvalue weighted by Crippen LogP contribution is -2.00. The molecule has 4 heteroatoms. The van der Waals surface area contributed by atoms with E-state index in [1.165, 1.54) is 23.3 Å². The summed E-state index contributed by atoms with van der Waals surface area (Å²) in [6.45, 7) is 3.74. The lowest BCUT2D eigenvalue weighted by molar-refractivity contribution is 0.572. The highest BCUT2D eigenvalue weighted by atomic mass is 19.1. The quantitative estimate of drug-likeness (QED) is 0.356. The first-order valence-electron chi connectivity index (χ1n) is 10.3. The molecular formula is C27H24F3N. The van der Waals surface area contributed by atoms with Crippen LogP contribution in [0.15, 0.2) is 67.3 Å². The zero-order chi connectivity index (χ0) is 22.2. The first-order valence-corrected chi connectivity index (χ1v) is 10.3. The van der Waals surface area contributed by atoms with Gasteiger partial charge in [-0.15, -0.1) is 6.58 Å². The third kappa shape index (κ3) is 6.08. The summed E-state index contributed by atoms with van der Waals surface area (Å²) in [5.41, 5.74) is 3.70. The highest BCUT2D eigenvalue weighted by Crippen LogP contribution is 2.19. The second-order valence-electron chi connectivity index (χ2n) is 7.62. The van der Waals surface area contributed by atoms with Gasteiger partial charge in [0.05, 0.1) is 0 Å². The summed E-state index contributed by atoms with van der Waals surface area (Å²) in [6, 6.07) is 17.4. The molecule has 0 aromatic heterocycles. The number of halogens is 3. The van der Waals surface area contributed by atoms with Crippen molar-refractivity contribution in [3.05, 3.63) is 118 Å². The number of nitrogens with zero attached hydrogens (tertiary/aromatic N) is 1. The minimum atomic E-state index is -0.887. The Morgan fingerprint density at radius 3 is 1.77 bits per heavy atom. The van der Waals surface area contributed by atoms with Gasteiger partial charge in [0.2, 0.25) is 0 Å². The molecule has 0 saturated heterocycles. The van der Waals surface area contributed by atoms with Gasteiger partial charge in [0.15, 0.2) is 0 Å². The van der Waals surface area contributed by atoms with Gasteiger partial charge in [-0.25, -0.2) is 13.2 Å². The van der Waals surface area contributed by atoms with E-state index in [0.29, 0.717) is 17.5 Å². The first kappa shape index (κ1) is 22.4. The zero-order valence-electron chi connectivity index (χ0n) is 17.3. The van der Waals surface area contributed by atoms with E-state index in [1.807, 2.05) is 12.1 Å². The Morgan fingerprint density at radius 1 is 0.677 bits per heavy atom. The molecule has 3 aromatic rings. The maximum absolute atomic E-state index is 14.5. The van der Waals surface area contributed by atoms with Crippen molar-refractivity contribution in [3.63, 3.8) is 0 Å². The second kappa shape index (κ2) is 10.6. The Morgan fingerprint density at radius 2 is 1.19 bits per heavy atom. The van der Waals surface area contributed by atoms with Gasteiger partial charge in [0, 0.05) is 0 Å². The number of hydrogen-bond donors (Lipinski definition) is 0. The molecule has 3 aromatic carbocycles. The standard InChI is InChI=1S/C27H24F3N/c1-2-3-4-19-5-7-20(8-6-19)9-10-21-11-13-23(25(28)15-21)14-12-22-16-26(29)24(18-31)27(30)17-22/h2,5-8,11,13,15-17H,1,3-4,9-10,12,14H2. The van der Waals surface area contributed by atoms with Crippen LogP contribution in [0.1, 0.15) is 39.8 Å². The van der Waals surface area contributed by atoms with Crippen LogP contribution >= 0.6 is 0 Å². The van der Waals surface area contributed by atoms with Crippen LogP contribution in [0.3, 0.4) is 0 Å². The van der Waals surface area contributed by atoms with Crippen molar-refractivity contribution in [2.75, 3.05) is 0 Å². The molecule has 0 saturated carbocycles. The van der Waals surface area contributed by atoms with Crippen LogP contribution in [-0.2, 0) is 32.1 Å². The van der Waals surface area contributed by atoms with Gasteiger partial charge in [-0.3, -0.25) is 0 Å². The third-order valence-corrected chi connectivity index (χ3v) is 5.38. The van der Waals surface area contributed by atoms with Crippen molar-refractivity contribution in [1.29, 1.82) is 5.26 Å². The van der Waals surface area contributed by atoms with E-state index in [2.05, 4.69) is 30.8 Å². The minimum absolute atomic E-state index is 0.286. The molecule has 0 aliphatic carbocycles. The number of aryl methyl sites for hydroxylation is 5. The molecule has 0 amide bonds. The van der Waals surface area contributed by atoms with E-state index in [-0.39, 0.29) is 12.2 Å². The maximum atomic E-state index is 14.5. The van der Waals surface area contributed by atoms with Gasteiger partial charge in [-0.2, -0.15) is 5.26 Å². The normalized spacial score (nSPS) is 10.6. The van der Waals surface area contributed by atoms with Crippen LogP contribution in [0.2, 0.25) is 0 Å². The smallest absolute Gasteiger partial charge is 0.144 e. The topological polar surface area (TPSA) is 23.8 Å². The van der Waals surface area contributed by atoms with Gasteiger partial charge in [0.1, 0.15) is 29.1 Å². The van der Waals surface area contributed by atoms with Crippen LogP contribution in [0, 0.1) is 28.8 Å². The average molecular weight is 419 g/mol. The van der Waals surface area contributed by atoms with E-state index in [9.17, 15) is 13.2 Å². The molecule has 0 atom stereocenters. The molecule has 0 bridgehead atoms. The summed E-state index contributed by atoms with van der Waals surface area (Å²) in [4.78, 5) is 0. The van der Waals surface area contributed by atoms with Crippen LogP contribution in [0.25, 0.3) is 0 Å². The number of rotatable bonds is 9. The molecule has 0 spiro atoms. The third-order valence-electron chi connectivity index (χ3n) is 5.38. The summed E-state index contributed by atoms with van der Waals surface area (Å²) in [6.07, 6.45) is 6.02. The Labute approximate surface area is 181 Å². The molecular weight excluding hydrogens is 395 g/mol. The van der Waals surface area contributed by atoms with E-state index in [1.54, 1.807) is 6.07 Å². The lowest BCUT2D eigenvalue weighted by atomic mass is 9.98. The summed E-state index contributed by atoms with van der Waals surface area (Å²) in [5, 5.41) is 8.74. The van der Waals surface area contributed by atoms with Crippen molar-refractivity contribution in [2.24, 2.45) is 0 Å². The fourth-order valence-corrected chi connectivity index (χ4v) is 3.53. The summed E-state index contributed by atoms with van der Waals surface area (Å²) < 4.78 is 42.0. The monoisotopic (exact) mass is 419 g/mol.